The molecule has 242 valence electrons. The van der Waals surface area contributed by atoms with Gasteiger partial charge in [0.15, 0.2) is 11.6 Å². The number of Topliss-reactive ketones (excluding diaryl/α,β-unsaturated/α-hetero) is 4. The minimum Gasteiger partial charge on any atom is -0.507 e. The van der Waals surface area contributed by atoms with Crippen molar-refractivity contribution in [1.82, 2.24) is 0 Å². The third-order valence-corrected chi connectivity index (χ3v) is 13.0. The van der Waals surface area contributed by atoms with E-state index in [2.05, 4.69) is 13.5 Å². The van der Waals surface area contributed by atoms with Gasteiger partial charge in [-0.15, -0.1) is 0 Å². The molecule has 0 aliphatic heterocycles. The van der Waals surface area contributed by atoms with Crippen LogP contribution in [-0.2, 0) is 9.59 Å². The second kappa shape index (κ2) is 9.46. The van der Waals surface area contributed by atoms with Gasteiger partial charge in [0, 0.05) is 22.3 Å². The van der Waals surface area contributed by atoms with Crippen LogP contribution in [-0.4, -0.2) is 67.0 Å². The lowest BCUT2D eigenvalue weighted by molar-refractivity contribution is -0.134. The first-order chi connectivity index (χ1) is 21.5. The molecule has 1 aromatic carbocycles. The van der Waals surface area contributed by atoms with Gasteiger partial charge >= 0.3 is 0 Å². The first-order valence-corrected chi connectivity index (χ1v) is 16.1. The normalized spacial score (nSPS) is 39.6. The molecular formula is C37H40O9. The van der Waals surface area contributed by atoms with E-state index in [0.29, 0.717) is 24.8 Å². The maximum atomic E-state index is 14.7. The lowest BCUT2D eigenvalue weighted by atomic mass is 9.46. The Hall–Kier alpha value is -3.66. The van der Waals surface area contributed by atoms with Gasteiger partial charge in [-0.1, -0.05) is 45.1 Å². The van der Waals surface area contributed by atoms with Gasteiger partial charge in [0.1, 0.15) is 11.5 Å². The van der Waals surface area contributed by atoms with Crippen LogP contribution < -0.4 is 0 Å². The Bertz CT molecular complexity index is 1790. The smallest absolute Gasteiger partial charge is 0.232 e. The van der Waals surface area contributed by atoms with Gasteiger partial charge in [-0.25, -0.2) is 0 Å². The van der Waals surface area contributed by atoms with Crippen LogP contribution in [0.4, 0.5) is 0 Å². The van der Waals surface area contributed by atoms with E-state index in [1.54, 1.807) is 6.92 Å². The topological polar surface area (TPSA) is 169 Å². The van der Waals surface area contributed by atoms with Crippen molar-refractivity contribution in [3.05, 3.63) is 75.6 Å². The van der Waals surface area contributed by atoms with Gasteiger partial charge in [-0.2, -0.15) is 0 Å². The molecule has 0 spiro atoms. The summed E-state index contributed by atoms with van der Waals surface area (Å²) in [6.45, 7) is 12.2. The summed E-state index contributed by atoms with van der Waals surface area (Å²) in [5.41, 5.74) is -4.80. The first-order valence-electron chi connectivity index (χ1n) is 16.1. The number of hydrogen-bond acceptors (Lipinski definition) is 9. The largest absolute Gasteiger partial charge is 0.507 e. The van der Waals surface area contributed by atoms with Crippen LogP contribution in [0.5, 0.6) is 5.75 Å². The summed E-state index contributed by atoms with van der Waals surface area (Å²) in [5.74, 6) is -4.77. The predicted octanol–water partition coefficient (Wildman–Crippen LogP) is 4.17. The molecule has 2 fully saturated rings. The van der Waals surface area contributed by atoms with E-state index in [-0.39, 0.29) is 46.1 Å². The zero-order valence-electron chi connectivity index (χ0n) is 26.5. The number of aromatic hydroxyl groups is 1. The number of carbonyl (C=O) groups excluding carboxylic acids is 4. The second-order valence-corrected chi connectivity index (χ2v) is 15.3. The quantitative estimate of drug-likeness (QED) is 0.183. The zero-order valence-corrected chi connectivity index (χ0v) is 26.5. The molecule has 1 aromatic rings. The highest BCUT2D eigenvalue weighted by atomic mass is 16.3. The summed E-state index contributed by atoms with van der Waals surface area (Å²) in [6, 6.07) is 2.76. The van der Waals surface area contributed by atoms with Gasteiger partial charge < -0.3 is 25.5 Å². The molecule has 8 atom stereocenters. The molecule has 2 saturated carbocycles. The van der Waals surface area contributed by atoms with E-state index in [4.69, 9.17) is 0 Å². The molecule has 46 heavy (non-hydrogen) atoms. The Morgan fingerprint density at radius 3 is 2.35 bits per heavy atom. The fourth-order valence-corrected chi connectivity index (χ4v) is 10.6. The molecule has 9 heteroatoms. The third kappa shape index (κ3) is 3.41. The SMILES string of the molecule is C=C1CCC2C(C)(C)C(O)CCC2(C)C1CC1=C(O)C2=C(CC34C(=O)c5c(O)cc(C)cc5C(=O)C23C=CC(O)C4O)C(=O)C1=O. The average Bonchev–Trinajstić information content (AvgIpc) is 3.32. The molecule has 0 bridgehead atoms. The monoisotopic (exact) mass is 628 g/mol. The van der Waals surface area contributed by atoms with E-state index in [9.17, 15) is 44.7 Å². The molecule has 0 heterocycles. The maximum absolute atomic E-state index is 14.7. The lowest BCUT2D eigenvalue weighted by Gasteiger charge is -2.59. The van der Waals surface area contributed by atoms with E-state index in [1.807, 2.05) is 13.8 Å². The molecule has 6 aliphatic rings. The van der Waals surface area contributed by atoms with Gasteiger partial charge in [-0.3, -0.25) is 19.2 Å². The number of fused-ring (bicyclic) bond motifs is 2. The van der Waals surface area contributed by atoms with Crippen molar-refractivity contribution in [3.8, 4) is 5.75 Å². The minimum absolute atomic E-state index is 0.0260. The van der Waals surface area contributed by atoms with Crippen molar-refractivity contribution in [1.29, 1.82) is 0 Å². The van der Waals surface area contributed by atoms with Crippen molar-refractivity contribution in [2.45, 2.75) is 84.5 Å². The van der Waals surface area contributed by atoms with Crippen molar-refractivity contribution in [2.24, 2.45) is 33.5 Å². The minimum atomic E-state index is -2.18. The Balaban J connectivity index is 1.43. The standard InChI is InChI=1S/C37H40O9/c1-16-12-18-26(23(39)13-16)33(46)37-15-20-27(36(37,31(18)44)11-8-22(38)32(37)45)28(41)19(29(42)30(20)43)14-21-17(2)6-7-24-34(3,4)25(40)9-10-35(21,24)5/h8,11-13,21-22,24-25,32,38-41,45H,2,6-7,9-10,14-15H2,1,3-5H3. The number of ketones is 4. The average molecular weight is 629 g/mol. The van der Waals surface area contributed by atoms with Crippen LogP contribution in [0.3, 0.4) is 0 Å². The van der Waals surface area contributed by atoms with Gasteiger partial charge in [0.25, 0.3) is 0 Å². The molecular weight excluding hydrogens is 588 g/mol. The molecule has 0 aromatic heterocycles. The van der Waals surface area contributed by atoms with E-state index in [0.717, 1.165) is 12.0 Å². The Morgan fingerprint density at radius 1 is 0.957 bits per heavy atom. The van der Waals surface area contributed by atoms with Crippen molar-refractivity contribution < 1.29 is 44.7 Å². The zero-order chi connectivity index (χ0) is 33.5. The summed E-state index contributed by atoms with van der Waals surface area (Å²) in [7, 11) is 0. The number of phenols is 1. The highest BCUT2D eigenvalue weighted by molar-refractivity contribution is 6.51. The fraction of sp³-hybridized carbons (Fsp3) is 0.514. The van der Waals surface area contributed by atoms with E-state index < -0.39 is 81.0 Å². The van der Waals surface area contributed by atoms with Crippen molar-refractivity contribution >= 4 is 23.1 Å². The summed E-state index contributed by atoms with van der Waals surface area (Å²) in [4.78, 5) is 57.1. The fourth-order valence-electron chi connectivity index (χ4n) is 10.6. The molecule has 7 rings (SSSR count). The summed E-state index contributed by atoms with van der Waals surface area (Å²) >= 11 is 0. The van der Waals surface area contributed by atoms with Crippen LogP contribution in [0.1, 0.15) is 85.6 Å². The van der Waals surface area contributed by atoms with Gasteiger partial charge in [0.2, 0.25) is 11.6 Å². The van der Waals surface area contributed by atoms with Crippen LogP contribution in [0.2, 0.25) is 0 Å². The highest BCUT2D eigenvalue weighted by Gasteiger charge is 2.75. The highest BCUT2D eigenvalue weighted by Crippen LogP contribution is 2.69. The molecule has 9 nitrogen and oxygen atoms in total. The van der Waals surface area contributed by atoms with Crippen LogP contribution in [0.15, 0.2) is 58.9 Å². The van der Waals surface area contributed by atoms with Gasteiger partial charge in [-0.05, 0) is 85.8 Å². The van der Waals surface area contributed by atoms with Gasteiger partial charge in [0.05, 0.1) is 34.7 Å². The number of hydrogen-bond donors (Lipinski definition) is 5. The lowest BCUT2D eigenvalue weighted by Crippen LogP contribution is -2.64. The third-order valence-electron chi connectivity index (χ3n) is 13.0. The number of benzene rings is 1. The van der Waals surface area contributed by atoms with E-state index in [1.165, 1.54) is 24.3 Å². The molecule has 6 aliphatic carbocycles. The Morgan fingerprint density at radius 2 is 1.65 bits per heavy atom. The van der Waals surface area contributed by atoms with Crippen molar-refractivity contribution in [3.63, 3.8) is 0 Å². The number of aliphatic hydroxyl groups is 4. The number of aryl methyl sites for hydroxylation is 1. The Kier molecular flexibility index (Phi) is 6.37. The van der Waals surface area contributed by atoms with E-state index >= 15 is 0 Å². The number of allylic oxidation sites excluding steroid dienone is 5. The maximum Gasteiger partial charge on any atom is 0.232 e. The van der Waals surface area contributed by atoms with Crippen molar-refractivity contribution in [2.75, 3.05) is 0 Å². The van der Waals surface area contributed by atoms with Crippen LogP contribution in [0.25, 0.3) is 0 Å². The van der Waals surface area contributed by atoms with Crippen LogP contribution in [0, 0.1) is 40.4 Å². The molecule has 8 unspecified atom stereocenters. The van der Waals surface area contributed by atoms with Crippen LogP contribution >= 0.6 is 0 Å². The Labute approximate surface area is 267 Å². The number of carbonyl (C=O) groups is 4. The summed E-state index contributed by atoms with van der Waals surface area (Å²) in [6.07, 6.45) is 0.552. The predicted molar refractivity (Wildman–Crippen MR) is 166 cm³/mol. The molecule has 0 amide bonds. The molecule has 0 saturated heterocycles. The summed E-state index contributed by atoms with van der Waals surface area (Å²) in [5, 5.41) is 56.3. The molecule has 0 radical (unpaired) electrons. The number of rotatable bonds is 2. The number of phenolic OH excluding ortho intramolecular Hbond substituents is 1. The second-order valence-electron chi connectivity index (χ2n) is 15.3. The first kappa shape index (κ1) is 31.0. The molecule has 5 N–H and O–H groups in total. The number of aliphatic hydroxyl groups excluding tert-OH is 4. The summed E-state index contributed by atoms with van der Waals surface area (Å²) < 4.78 is 0.